The van der Waals surface area contributed by atoms with Gasteiger partial charge in [0.25, 0.3) is 0 Å². The van der Waals surface area contributed by atoms with Gasteiger partial charge in [-0.3, -0.25) is 4.90 Å². The molecule has 0 saturated heterocycles. The standard InChI is InChI=1S/C19H27NO3/c1-16(2)14-22-15-18(21)12-20(13-19-9-6-10-23-19)11-17-7-4-3-5-8-17/h3-10,16,18,21H,11-15H2,1-2H3/t18-/m0/s1. The van der Waals surface area contributed by atoms with Crippen molar-refractivity contribution in [2.75, 3.05) is 19.8 Å². The van der Waals surface area contributed by atoms with E-state index in [1.54, 1.807) is 6.26 Å². The Bertz CT molecular complexity index is 525. The van der Waals surface area contributed by atoms with Crippen molar-refractivity contribution in [1.29, 1.82) is 0 Å². The maximum atomic E-state index is 10.2. The summed E-state index contributed by atoms with van der Waals surface area (Å²) in [5.41, 5.74) is 1.22. The molecule has 0 unspecified atom stereocenters. The molecule has 4 heteroatoms. The zero-order valence-electron chi connectivity index (χ0n) is 14.0. The molecule has 2 rings (SSSR count). The second kappa shape index (κ2) is 9.50. The van der Waals surface area contributed by atoms with Crippen LogP contribution in [-0.4, -0.2) is 35.9 Å². The number of hydrogen-bond donors (Lipinski definition) is 1. The van der Waals surface area contributed by atoms with Gasteiger partial charge in [-0.2, -0.15) is 0 Å². The Kier molecular flexibility index (Phi) is 7.33. The highest BCUT2D eigenvalue weighted by Gasteiger charge is 2.14. The summed E-state index contributed by atoms with van der Waals surface area (Å²) in [6, 6.07) is 14.1. The molecule has 0 spiro atoms. The fourth-order valence-electron chi connectivity index (χ4n) is 2.44. The zero-order valence-corrected chi connectivity index (χ0v) is 14.0. The van der Waals surface area contributed by atoms with E-state index in [9.17, 15) is 5.11 Å². The normalized spacial score (nSPS) is 12.9. The molecule has 0 amide bonds. The molecule has 1 heterocycles. The van der Waals surface area contributed by atoms with Crippen molar-refractivity contribution in [2.45, 2.75) is 33.0 Å². The summed E-state index contributed by atoms with van der Waals surface area (Å²) in [4.78, 5) is 2.18. The molecule has 1 N–H and O–H groups in total. The molecule has 0 bridgehead atoms. The van der Waals surface area contributed by atoms with Crippen molar-refractivity contribution >= 4 is 0 Å². The lowest BCUT2D eigenvalue weighted by atomic mass is 10.2. The molecule has 2 aromatic rings. The summed E-state index contributed by atoms with van der Waals surface area (Å²) in [7, 11) is 0. The maximum Gasteiger partial charge on any atom is 0.117 e. The third-order valence-corrected chi connectivity index (χ3v) is 3.44. The molecule has 0 radical (unpaired) electrons. The Balaban J connectivity index is 1.90. The van der Waals surface area contributed by atoms with E-state index in [0.29, 0.717) is 32.2 Å². The first-order valence-electron chi connectivity index (χ1n) is 8.18. The van der Waals surface area contributed by atoms with Crippen LogP contribution in [0.25, 0.3) is 0 Å². The first-order chi connectivity index (χ1) is 11.1. The lowest BCUT2D eigenvalue weighted by Crippen LogP contribution is -2.34. The second-order valence-electron chi connectivity index (χ2n) is 6.32. The highest BCUT2D eigenvalue weighted by atomic mass is 16.5. The summed E-state index contributed by atoms with van der Waals surface area (Å²) in [5, 5.41) is 10.2. The molecule has 23 heavy (non-hydrogen) atoms. The fourth-order valence-corrected chi connectivity index (χ4v) is 2.44. The molecule has 0 aliphatic rings. The number of hydrogen-bond acceptors (Lipinski definition) is 4. The summed E-state index contributed by atoms with van der Waals surface area (Å²) in [6.45, 7) is 7.23. The van der Waals surface area contributed by atoms with Gasteiger partial charge >= 0.3 is 0 Å². The molecule has 1 aromatic heterocycles. The van der Waals surface area contributed by atoms with E-state index in [4.69, 9.17) is 9.15 Å². The number of furan rings is 1. The smallest absolute Gasteiger partial charge is 0.117 e. The monoisotopic (exact) mass is 317 g/mol. The molecule has 126 valence electrons. The molecule has 1 aromatic carbocycles. The van der Waals surface area contributed by atoms with Gasteiger partial charge in [0.15, 0.2) is 0 Å². The maximum absolute atomic E-state index is 10.2. The van der Waals surface area contributed by atoms with Crippen LogP contribution in [-0.2, 0) is 17.8 Å². The molecule has 1 atom stereocenters. The van der Waals surface area contributed by atoms with Crippen molar-refractivity contribution in [3.05, 3.63) is 60.1 Å². The van der Waals surface area contributed by atoms with Gasteiger partial charge in [-0.05, 0) is 23.6 Å². The average Bonchev–Trinajstić information content (AvgIpc) is 3.00. The van der Waals surface area contributed by atoms with E-state index < -0.39 is 6.10 Å². The van der Waals surface area contributed by atoms with Crippen LogP contribution in [0.4, 0.5) is 0 Å². The highest BCUT2D eigenvalue weighted by Crippen LogP contribution is 2.11. The third kappa shape index (κ3) is 6.99. The first-order valence-corrected chi connectivity index (χ1v) is 8.18. The lowest BCUT2D eigenvalue weighted by molar-refractivity contribution is 0.00460. The SMILES string of the molecule is CC(C)COC[C@@H](O)CN(Cc1ccccc1)Cc1ccco1. The quantitative estimate of drug-likeness (QED) is 0.730. The van der Waals surface area contributed by atoms with Crippen molar-refractivity contribution in [2.24, 2.45) is 5.92 Å². The van der Waals surface area contributed by atoms with Crippen molar-refractivity contribution in [3.8, 4) is 0 Å². The molecule has 4 nitrogen and oxygen atoms in total. The summed E-state index contributed by atoms with van der Waals surface area (Å²) >= 11 is 0. The van der Waals surface area contributed by atoms with Gasteiger partial charge in [0.1, 0.15) is 5.76 Å². The number of aliphatic hydroxyl groups excluding tert-OH is 1. The predicted octanol–water partition coefficient (Wildman–Crippen LogP) is 3.32. The minimum Gasteiger partial charge on any atom is -0.468 e. The number of ether oxygens (including phenoxy) is 1. The van der Waals surface area contributed by atoms with Crippen LogP contribution in [0.3, 0.4) is 0 Å². The number of nitrogens with zero attached hydrogens (tertiary/aromatic N) is 1. The molecule has 0 fully saturated rings. The van der Waals surface area contributed by atoms with Crippen LogP contribution in [0, 0.1) is 5.92 Å². The van der Waals surface area contributed by atoms with Crippen LogP contribution < -0.4 is 0 Å². The minimum absolute atomic E-state index is 0.363. The predicted molar refractivity (Wildman–Crippen MR) is 90.9 cm³/mol. The van der Waals surface area contributed by atoms with E-state index in [0.717, 1.165) is 12.3 Å². The largest absolute Gasteiger partial charge is 0.468 e. The van der Waals surface area contributed by atoms with Gasteiger partial charge < -0.3 is 14.3 Å². The zero-order chi connectivity index (χ0) is 16.5. The summed E-state index contributed by atoms with van der Waals surface area (Å²) < 4.78 is 11.0. The van der Waals surface area contributed by atoms with Crippen LogP contribution >= 0.6 is 0 Å². The van der Waals surface area contributed by atoms with Crippen LogP contribution in [0.5, 0.6) is 0 Å². The average molecular weight is 317 g/mol. The number of aliphatic hydroxyl groups is 1. The summed E-state index contributed by atoms with van der Waals surface area (Å²) in [5.74, 6) is 1.38. The van der Waals surface area contributed by atoms with Gasteiger partial charge in [-0.1, -0.05) is 44.2 Å². The van der Waals surface area contributed by atoms with Gasteiger partial charge in [0, 0.05) is 19.7 Å². The minimum atomic E-state index is -0.507. The lowest BCUT2D eigenvalue weighted by Gasteiger charge is -2.24. The van der Waals surface area contributed by atoms with Gasteiger partial charge in [-0.15, -0.1) is 0 Å². The van der Waals surface area contributed by atoms with Gasteiger partial charge in [0.2, 0.25) is 0 Å². The Labute approximate surface area is 138 Å². The third-order valence-electron chi connectivity index (χ3n) is 3.44. The number of rotatable bonds is 10. The van der Waals surface area contributed by atoms with Gasteiger partial charge in [-0.25, -0.2) is 0 Å². The summed E-state index contributed by atoms with van der Waals surface area (Å²) in [6.07, 6.45) is 1.17. The van der Waals surface area contributed by atoms with Crippen LogP contribution in [0.15, 0.2) is 53.1 Å². The first kappa shape index (κ1) is 17.7. The Morgan fingerprint density at radius 2 is 1.83 bits per heavy atom. The topological polar surface area (TPSA) is 45.8 Å². The van der Waals surface area contributed by atoms with Crippen LogP contribution in [0.1, 0.15) is 25.2 Å². The Morgan fingerprint density at radius 1 is 1.04 bits per heavy atom. The molecule has 0 aliphatic carbocycles. The van der Waals surface area contributed by atoms with E-state index in [1.807, 2.05) is 30.3 Å². The molecular weight excluding hydrogens is 290 g/mol. The van der Waals surface area contributed by atoms with Crippen molar-refractivity contribution in [3.63, 3.8) is 0 Å². The number of benzene rings is 1. The highest BCUT2D eigenvalue weighted by molar-refractivity contribution is 5.14. The fraction of sp³-hybridized carbons (Fsp3) is 0.474. The molecule has 0 aliphatic heterocycles. The van der Waals surface area contributed by atoms with E-state index >= 15 is 0 Å². The van der Waals surface area contributed by atoms with Gasteiger partial charge in [0.05, 0.1) is 25.5 Å². The van der Waals surface area contributed by atoms with Crippen molar-refractivity contribution in [1.82, 2.24) is 4.90 Å². The molecule has 0 saturated carbocycles. The molecular formula is C19H27NO3. The van der Waals surface area contributed by atoms with E-state index in [2.05, 4.69) is 30.9 Å². The van der Waals surface area contributed by atoms with Crippen molar-refractivity contribution < 1.29 is 14.3 Å². The van der Waals surface area contributed by atoms with E-state index in [-0.39, 0.29) is 0 Å². The second-order valence-corrected chi connectivity index (χ2v) is 6.32. The van der Waals surface area contributed by atoms with Crippen LogP contribution in [0.2, 0.25) is 0 Å². The Morgan fingerprint density at radius 3 is 2.48 bits per heavy atom. The van der Waals surface area contributed by atoms with E-state index in [1.165, 1.54) is 5.56 Å². The Hall–Kier alpha value is -1.62.